The molecule has 1 unspecified atom stereocenters. The zero-order valence-electron chi connectivity index (χ0n) is 15.6. The fourth-order valence-corrected chi connectivity index (χ4v) is 2.69. The quantitative estimate of drug-likeness (QED) is 0.602. The molecule has 1 heterocycles. The number of guanidine groups is 1. The van der Waals surface area contributed by atoms with E-state index in [-0.39, 0.29) is 12.1 Å². The van der Waals surface area contributed by atoms with Crippen molar-refractivity contribution in [2.45, 2.75) is 65.5 Å². The molecule has 1 aliphatic heterocycles. The molecule has 0 aromatic carbocycles. The number of hydrogen-bond acceptors (Lipinski definition) is 3. The molecule has 1 aliphatic rings. The summed E-state index contributed by atoms with van der Waals surface area (Å²) in [6.07, 6.45) is 2.90. The SMILES string of the molecule is CCC(CC)CNC(=NC)N1CCC(NC(=O)OC(C)(C)C)C1. The first-order valence-electron chi connectivity index (χ1n) is 8.74. The van der Waals surface area contributed by atoms with Gasteiger partial charge in [0.1, 0.15) is 5.60 Å². The Morgan fingerprint density at radius 3 is 2.52 bits per heavy atom. The highest BCUT2D eigenvalue weighted by atomic mass is 16.6. The monoisotopic (exact) mass is 326 g/mol. The molecule has 134 valence electrons. The number of ether oxygens (including phenoxy) is 1. The second-order valence-corrected chi connectivity index (χ2v) is 7.19. The Hall–Kier alpha value is -1.46. The van der Waals surface area contributed by atoms with Crippen molar-refractivity contribution >= 4 is 12.1 Å². The molecule has 1 atom stereocenters. The Bertz CT molecular complexity index is 400. The molecule has 6 nitrogen and oxygen atoms in total. The summed E-state index contributed by atoms with van der Waals surface area (Å²) in [4.78, 5) is 18.4. The van der Waals surface area contributed by atoms with Gasteiger partial charge in [0, 0.05) is 26.7 Å². The minimum Gasteiger partial charge on any atom is -0.444 e. The highest BCUT2D eigenvalue weighted by Gasteiger charge is 2.27. The lowest BCUT2D eigenvalue weighted by Gasteiger charge is -2.24. The van der Waals surface area contributed by atoms with Gasteiger partial charge in [-0.15, -0.1) is 0 Å². The van der Waals surface area contributed by atoms with E-state index in [0.29, 0.717) is 5.92 Å². The highest BCUT2D eigenvalue weighted by Crippen LogP contribution is 2.12. The van der Waals surface area contributed by atoms with Crippen LogP contribution < -0.4 is 10.6 Å². The molecule has 0 spiro atoms. The largest absolute Gasteiger partial charge is 0.444 e. The Morgan fingerprint density at radius 1 is 1.35 bits per heavy atom. The number of alkyl carbamates (subject to hydrolysis) is 1. The first-order chi connectivity index (χ1) is 10.8. The summed E-state index contributed by atoms with van der Waals surface area (Å²) in [5.41, 5.74) is -0.463. The van der Waals surface area contributed by atoms with Gasteiger partial charge in [0.25, 0.3) is 0 Å². The maximum Gasteiger partial charge on any atom is 0.407 e. The summed E-state index contributed by atoms with van der Waals surface area (Å²) in [5, 5.41) is 6.40. The van der Waals surface area contributed by atoms with Crippen molar-refractivity contribution in [3.8, 4) is 0 Å². The van der Waals surface area contributed by atoms with Gasteiger partial charge in [0.15, 0.2) is 5.96 Å². The molecule has 1 fully saturated rings. The molecule has 0 saturated carbocycles. The summed E-state index contributed by atoms with van der Waals surface area (Å²) in [5.74, 6) is 1.59. The molecule has 23 heavy (non-hydrogen) atoms. The summed E-state index contributed by atoms with van der Waals surface area (Å²) >= 11 is 0. The van der Waals surface area contributed by atoms with Gasteiger partial charge in [-0.1, -0.05) is 26.7 Å². The van der Waals surface area contributed by atoms with Crippen LogP contribution in [-0.4, -0.2) is 55.3 Å². The van der Waals surface area contributed by atoms with Crippen molar-refractivity contribution in [2.24, 2.45) is 10.9 Å². The number of likely N-dealkylation sites (tertiary alicyclic amines) is 1. The molecular formula is C17H34N4O2. The van der Waals surface area contributed by atoms with Crippen LogP contribution in [0.5, 0.6) is 0 Å². The Kier molecular flexibility index (Phi) is 7.65. The molecule has 0 radical (unpaired) electrons. The average Bonchev–Trinajstić information content (AvgIpc) is 2.90. The Balaban J connectivity index is 2.44. The molecule has 1 rings (SSSR count). The van der Waals surface area contributed by atoms with Crippen LogP contribution >= 0.6 is 0 Å². The van der Waals surface area contributed by atoms with Crippen molar-refractivity contribution in [2.75, 3.05) is 26.7 Å². The number of hydrogen-bond donors (Lipinski definition) is 2. The zero-order chi connectivity index (χ0) is 17.5. The molecule has 2 N–H and O–H groups in total. The van der Waals surface area contributed by atoms with Crippen LogP contribution in [0.25, 0.3) is 0 Å². The highest BCUT2D eigenvalue weighted by molar-refractivity contribution is 5.80. The molecule has 0 bridgehead atoms. The summed E-state index contributed by atoms with van der Waals surface area (Å²) in [6, 6.07) is 0.108. The van der Waals surface area contributed by atoms with Crippen LogP contribution in [0.3, 0.4) is 0 Å². The number of carbonyl (C=O) groups excluding carboxylic acids is 1. The van der Waals surface area contributed by atoms with E-state index in [4.69, 9.17) is 4.74 Å². The molecule has 1 amide bonds. The van der Waals surface area contributed by atoms with Crippen molar-refractivity contribution in [1.29, 1.82) is 0 Å². The molecule has 0 aromatic rings. The van der Waals surface area contributed by atoms with Crippen LogP contribution in [0.15, 0.2) is 4.99 Å². The smallest absolute Gasteiger partial charge is 0.407 e. The molecule has 0 aliphatic carbocycles. The van der Waals surface area contributed by atoms with E-state index in [9.17, 15) is 4.79 Å². The van der Waals surface area contributed by atoms with E-state index >= 15 is 0 Å². The van der Waals surface area contributed by atoms with E-state index in [1.54, 1.807) is 0 Å². The van der Waals surface area contributed by atoms with E-state index in [1.165, 1.54) is 12.8 Å². The number of rotatable bonds is 5. The minimum absolute atomic E-state index is 0.108. The van der Waals surface area contributed by atoms with Crippen LogP contribution in [0.1, 0.15) is 53.9 Å². The van der Waals surface area contributed by atoms with Crippen LogP contribution in [0.4, 0.5) is 4.79 Å². The van der Waals surface area contributed by atoms with Crippen molar-refractivity contribution < 1.29 is 9.53 Å². The summed E-state index contributed by atoms with van der Waals surface area (Å²) in [7, 11) is 1.81. The fraction of sp³-hybridized carbons (Fsp3) is 0.882. The number of amides is 1. The van der Waals surface area contributed by atoms with Gasteiger partial charge < -0.3 is 20.3 Å². The Morgan fingerprint density at radius 2 is 2.00 bits per heavy atom. The van der Waals surface area contributed by atoms with Crippen molar-refractivity contribution in [3.05, 3.63) is 0 Å². The van der Waals surface area contributed by atoms with Gasteiger partial charge in [0.05, 0.1) is 6.04 Å². The summed E-state index contributed by atoms with van der Waals surface area (Å²) in [6.45, 7) is 12.7. The third-order valence-electron chi connectivity index (χ3n) is 4.12. The predicted octanol–water partition coefficient (Wildman–Crippen LogP) is 2.60. The van der Waals surface area contributed by atoms with Gasteiger partial charge in [-0.05, 0) is 33.1 Å². The van der Waals surface area contributed by atoms with Gasteiger partial charge >= 0.3 is 6.09 Å². The van der Waals surface area contributed by atoms with Crippen molar-refractivity contribution in [3.63, 3.8) is 0 Å². The molecule has 1 saturated heterocycles. The topological polar surface area (TPSA) is 66.0 Å². The van der Waals surface area contributed by atoms with E-state index in [0.717, 1.165) is 32.0 Å². The Labute approximate surface area is 141 Å². The maximum absolute atomic E-state index is 11.9. The maximum atomic E-state index is 11.9. The number of nitrogens with one attached hydrogen (secondary N) is 2. The van der Waals surface area contributed by atoms with Crippen LogP contribution in [0, 0.1) is 5.92 Å². The standard InChI is InChI=1S/C17H34N4O2/c1-7-13(8-2)11-19-15(18-6)21-10-9-14(12-21)20-16(22)23-17(3,4)5/h13-14H,7-12H2,1-6H3,(H,18,19)(H,20,22). The number of carbonyl (C=O) groups is 1. The minimum atomic E-state index is -0.463. The zero-order valence-corrected chi connectivity index (χ0v) is 15.6. The second kappa shape index (κ2) is 8.99. The number of nitrogens with zero attached hydrogens (tertiary/aromatic N) is 2. The predicted molar refractivity (Wildman–Crippen MR) is 94.8 cm³/mol. The van der Waals surface area contributed by atoms with Crippen molar-refractivity contribution in [1.82, 2.24) is 15.5 Å². The van der Waals surface area contributed by atoms with Gasteiger partial charge in [-0.2, -0.15) is 0 Å². The van der Waals surface area contributed by atoms with Crippen LogP contribution in [0.2, 0.25) is 0 Å². The third-order valence-corrected chi connectivity index (χ3v) is 4.12. The lowest BCUT2D eigenvalue weighted by Crippen LogP contribution is -2.45. The number of aliphatic imine (C=N–C) groups is 1. The van der Waals surface area contributed by atoms with E-state index in [2.05, 4.69) is 34.4 Å². The molecule has 6 heteroatoms. The van der Waals surface area contributed by atoms with Gasteiger partial charge in [-0.25, -0.2) is 4.79 Å². The molecule has 0 aromatic heterocycles. The fourth-order valence-electron chi connectivity index (χ4n) is 2.69. The third kappa shape index (κ3) is 7.10. The average molecular weight is 326 g/mol. The summed E-state index contributed by atoms with van der Waals surface area (Å²) < 4.78 is 5.32. The van der Waals surface area contributed by atoms with Gasteiger partial charge in [-0.3, -0.25) is 4.99 Å². The van der Waals surface area contributed by atoms with Gasteiger partial charge in [0.2, 0.25) is 0 Å². The first kappa shape index (κ1) is 19.6. The van der Waals surface area contributed by atoms with Crippen LogP contribution in [-0.2, 0) is 4.74 Å². The lowest BCUT2D eigenvalue weighted by molar-refractivity contribution is 0.0507. The first-order valence-corrected chi connectivity index (χ1v) is 8.74. The molecular weight excluding hydrogens is 292 g/mol. The normalized spacial score (nSPS) is 19.2. The second-order valence-electron chi connectivity index (χ2n) is 7.19. The van der Waals surface area contributed by atoms with E-state index in [1.807, 2.05) is 27.8 Å². The van der Waals surface area contributed by atoms with E-state index < -0.39 is 5.60 Å². The lowest BCUT2D eigenvalue weighted by atomic mass is 10.0.